The van der Waals surface area contributed by atoms with E-state index >= 15 is 0 Å². The first-order valence-corrected chi connectivity index (χ1v) is 11.4. The molecular weight excluding hydrogens is 454 g/mol. The Balaban J connectivity index is 1.75. The summed E-state index contributed by atoms with van der Waals surface area (Å²) in [6, 6.07) is 11.8. The van der Waals surface area contributed by atoms with Crippen LogP contribution in [0, 0.1) is 11.3 Å². The Morgan fingerprint density at radius 3 is 2.44 bits per heavy atom. The molecule has 8 nitrogen and oxygen atoms in total. The SMILES string of the molecule is CC1(C)CC(NC(=O)c2ccc(Oc3cccc(NCC(N)=O)c3C#N)c(Cl)c2)CC(C)(C)N1. The van der Waals surface area contributed by atoms with Crippen LogP contribution in [0.2, 0.25) is 5.02 Å². The van der Waals surface area contributed by atoms with Gasteiger partial charge in [0.15, 0.2) is 0 Å². The van der Waals surface area contributed by atoms with Gasteiger partial charge < -0.3 is 26.4 Å². The first kappa shape index (κ1) is 25.3. The number of benzene rings is 2. The minimum Gasteiger partial charge on any atom is -0.454 e. The second-order valence-corrected chi connectivity index (χ2v) is 10.2. The molecule has 1 fully saturated rings. The largest absolute Gasteiger partial charge is 0.454 e. The van der Waals surface area contributed by atoms with Crippen molar-refractivity contribution in [1.82, 2.24) is 10.6 Å². The number of piperidine rings is 1. The number of nitrogens with zero attached hydrogens (tertiary/aromatic N) is 1. The van der Waals surface area contributed by atoms with E-state index in [4.69, 9.17) is 22.1 Å². The topological polar surface area (TPSA) is 129 Å². The number of nitrogens with one attached hydrogen (secondary N) is 3. The fourth-order valence-corrected chi connectivity index (χ4v) is 4.82. The van der Waals surface area contributed by atoms with Crippen LogP contribution in [0.4, 0.5) is 5.69 Å². The molecule has 1 heterocycles. The van der Waals surface area contributed by atoms with Gasteiger partial charge in [-0.15, -0.1) is 0 Å². The van der Waals surface area contributed by atoms with Gasteiger partial charge in [-0.2, -0.15) is 5.26 Å². The molecule has 2 aromatic carbocycles. The van der Waals surface area contributed by atoms with Crippen molar-refractivity contribution < 1.29 is 14.3 Å². The van der Waals surface area contributed by atoms with Crippen LogP contribution in [0.5, 0.6) is 11.5 Å². The molecule has 0 aromatic heterocycles. The van der Waals surface area contributed by atoms with Crippen LogP contribution in [0.25, 0.3) is 0 Å². The molecule has 5 N–H and O–H groups in total. The van der Waals surface area contributed by atoms with Crippen LogP contribution in [0.1, 0.15) is 56.5 Å². The second kappa shape index (κ2) is 9.92. The first-order chi connectivity index (χ1) is 15.9. The zero-order chi connectivity index (χ0) is 25.1. The summed E-state index contributed by atoms with van der Waals surface area (Å²) in [6.45, 7) is 8.40. The quantitative estimate of drug-likeness (QED) is 0.472. The molecule has 0 bridgehead atoms. The van der Waals surface area contributed by atoms with Gasteiger partial charge in [-0.1, -0.05) is 17.7 Å². The van der Waals surface area contributed by atoms with Gasteiger partial charge in [-0.05, 0) is 70.9 Å². The molecule has 34 heavy (non-hydrogen) atoms. The van der Waals surface area contributed by atoms with E-state index in [2.05, 4.69) is 49.7 Å². The summed E-state index contributed by atoms with van der Waals surface area (Å²) in [5.41, 5.74) is 6.03. The summed E-state index contributed by atoms with van der Waals surface area (Å²) in [5, 5.41) is 19.4. The lowest BCUT2D eigenvalue weighted by atomic mass is 9.79. The second-order valence-electron chi connectivity index (χ2n) is 9.83. The Bertz CT molecular complexity index is 1120. The predicted octanol–water partition coefficient (Wildman–Crippen LogP) is 3.94. The van der Waals surface area contributed by atoms with Crippen LogP contribution in [0.15, 0.2) is 36.4 Å². The molecule has 180 valence electrons. The number of carbonyl (C=O) groups is 2. The van der Waals surface area contributed by atoms with Crippen molar-refractivity contribution in [2.75, 3.05) is 11.9 Å². The van der Waals surface area contributed by atoms with Gasteiger partial charge in [0.2, 0.25) is 5.91 Å². The van der Waals surface area contributed by atoms with Crippen molar-refractivity contribution in [3.8, 4) is 17.6 Å². The maximum atomic E-state index is 12.9. The molecule has 0 spiro atoms. The molecule has 2 aromatic rings. The van der Waals surface area contributed by atoms with Gasteiger partial charge in [0.1, 0.15) is 23.1 Å². The molecule has 0 atom stereocenters. The summed E-state index contributed by atoms with van der Waals surface area (Å²) in [6.07, 6.45) is 1.63. The van der Waals surface area contributed by atoms with E-state index in [1.165, 1.54) is 0 Å². The number of halogens is 1. The number of anilines is 1. The Morgan fingerprint density at radius 1 is 1.18 bits per heavy atom. The maximum absolute atomic E-state index is 12.9. The zero-order valence-electron chi connectivity index (χ0n) is 19.8. The van der Waals surface area contributed by atoms with E-state index in [-0.39, 0.29) is 45.9 Å². The van der Waals surface area contributed by atoms with Gasteiger partial charge >= 0.3 is 0 Å². The number of rotatable bonds is 7. The Hall–Kier alpha value is -3.28. The zero-order valence-corrected chi connectivity index (χ0v) is 20.5. The number of primary amides is 1. The van der Waals surface area contributed by atoms with Crippen LogP contribution < -0.4 is 26.4 Å². The van der Waals surface area contributed by atoms with Crippen molar-refractivity contribution >= 4 is 29.1 Å². The highest BCUT2D eigenvalue weighted by atomic mass is 35.5. The molecule has 0 unspecified atom stereocenters. The molecule has 0 radical (unpaired) electrons. The number of nitriles is 1. The van der Waals surface area contributed by atoms with E-state index in [0.29, 0.717) is 17.0 Å². The monoisotopic (exact) mass is 483 g/mol. The number of nitrogens with two attached hydrogens (primary N) is 1. The minimum absolute atomic E-state index is 0.0299. The number of ether oxygens (including phenoxy) is 1. The van der Waals surface area contributed by atoms with Gasteiger partial charge in [0.05, 0.1) is 17.3 Å². The average Bonchev–Trinajstić information content (AvgIpc) is 2.71. The Morgan fingerprint density at radius 2 is 1.85 bits per heavy atom. The maximum Gasteiger partial charge on any atom is 0.251 e. The lowest BCUT2D eigenvalue weighted by Crippen LogP contribution is -2.62. The third kappa shape index (κ3) is 6.40. The first-order valence-electron chi connectivity index (χ1n) is 11.0. The fraction of sp³-hybridized carbons (Fsp3) is 0.400. The summed E-state index contributed by atoms with van der Waals surface area (Å²) in [4.78, 5) is 24.0. The van der Waals surface area contributed by atoms with Crippen molar-refractivity contribution in [2.45, 2.75) is 57.7 Å². The van der Waals surface area contributed by atoms with Crippen LogP contribution in [-0.4, -0.2) is 35.5 Å². The van der Waals surface area contributed by atoms with Crippen LogP contribution >= 0.6 is 11.6 Å². The van der Waals surface area contributed by atoms with E-state index in [9.17, 15) is 14.9 Å². The van der Waals surface area contributed by atoms with Gasteiger partial charge in [0.25, 0.3) is 5.91 Å². The molecule has 2 amide bonds. The molecule has 0 saturated carbocycles. The van der Waals surface area contributed by atoms with E-state index in [1.54, 1.807) is 36.4 Å². The number of hydrogen-bond acceptors (Lipinski definition) is 6. The summed E-state index contributed by atoms with van der Waals surface area (Å²) in [7, 11) is 0. The van der Waals surface area contributed by atoms with Gasteiger partial charge in [-0.3, -0.25) is 9.59 Å². The predicted molar refractivity (Wildman–Crippen MR) is 132 cm³/mol. The van der Waals surface area contributed by atoms with Crippen LogP contribution in [-0.2, 0) is 4.79 Å². The molecule has 1 aliphatic rings. The molecular formula is C25H30ClN5O3. The third-order valence-corrected chi connectivity index (χ3v) is 5.83. The van der Waals surface area contributed by atoms with Gasteiger partial charge in [0, 0.05) is 22.7 Å². The normalized spacial score (nSPS) is 16.8. The number of carbonyl (C=O) groups excluding carboxylic acids is 2. The standard InChI is InChI=1S/C25H30ClN5O3/c1-24(2)11-16(12-25(3,4)31-24)30-23(33)15-8-9-21(18(26)10-15)34-20-7-5-6-19(17(20)13-27)29-14-22(28)32/h5-10,16,29,31H,11-12,14H2,1-4H3,(H2,28,32)(H,30,33). The Kier molecular flexibility index (Phi) is 7.39. The smallest absolute Gasteiger partial charge is 0.251 e. The number of amides is 2. The van der Waals surface area contributed by atoms with Crippen molar-refractivity contribution in [3.63, 3.8) is 0 Å². The highest BCUT2D eigenvalue weighted by Crippen LogP contribution is 2.34. The van der Waals surface area contributed by atoms with Crippen molar-refractivity contribution in [2.24, 2.45) is 5.73 Å². The summed E-state index contributed by atoms with van der Waals surface area (Å²) < 4.78 is 5.87. The van der Waals surface area contributed by atoms with Crippen molar-refractivity contribution in [3.05, 3.63) is 52.5 Å². The average molecular weight is 484 g/mol. The molecule has 0 aliphatic carbocycles. The fourth-order valence-electron chi connectivity index (χ4n) is 4.60. The van der Waals surface area contributed by atoms with Crippen LogP contribution in [0.3, 0.4) is 0 Å². The Labute approximate surface area is 204 Å². The highest BCUT2D eigenvalue weighted by molar-refractivity contribution is 6.32. The molecule has 1 aliphatic heterocycles. The summed E-state index contributed by atoms with van der Waals surface area (Å²) in [5.74, 6) is -0.202. The molecule has 1 saturated heterocycles. The lowest BCUT2D eigenvalue weighted by molar-refractivity contribution is -0.116. The highest BCUT2D eigenvalue weighted by Gasteiger charge is 2.38. The van der Waals surface area contributed by atoms with Crippen molar-refractivity contribution in [1.29, 1.82) is 5.26 Å². The number of hydrogen-bond donors (Lipinski definition) is 4. The third-order valence-electron chi connectivity index (χ3n) is 5.53. The minimum atomic E-state index is -0.552. The lowest BCUT2D eigenvalue weighted by Gasteiger charge is -2.46. The van der Waals surface area contributed by atoms with E-state index < -0.39 is 5.91 Å². The van der Waals surface area contributed by atoms with E-state index in [1.807, 2.05) is 0 Å². The molecule has 3 rings (SSSR count). The van der Waals surface area contributed by atoms with E-state index in [0.717, 1.165) is 12.8 Å². The van der Waals surface area contributed by atoms with Gasteiger partial charge in [-0.25, -0.2) is 0 Å². The molecule has 9 heteroatoms. The summed E-state index contributed by atoms with van der Waals surface area (Å²) >= 11 is 6.42.